The monoisotopic (exact) mass is 423 g/mol. The standard InChI is InChI=1S/C23H25N3O3S/c1-5-26-21(27)20(15-16-7-13-19(14-8-16)25(3)4)30-23(26)24-18-11-9-17(10-12-18)22(28)29-6-2/h7-15H,5-6H2,1-4H3/b20-15-,24-23?. The van der Waals surface area contributed by atoms with Gasteiger partial charge in [0.05, 0.1) is 22.8 Å². The SMILES string of the molecule is CCOC(=O)c1ccc(N=C2S/C(=C\c3ccc(N(C)C)cc3)C(=O)N2CC)cc1. The van der Waals surface area contributed by atoms with E-state index in [0.29, 0.717) is 34.5 Å². The second-order valence-electron chi connectivity index (χ2n) is 6.81. The molecule has 0 aromatic heterocycles. The predicted octanol–water partition coefficient (Wildman–Crippen LogP) is 4.55. The van der Waals surface area contributed by atoms with Crippen molar-refractivity contribution in [2.75, 3.05) is 32.1 Å². The fourth-order valence-corrected chi connectivity index (χ4v) is 3.95. The summed E-state index contributed by atoms with van der Waals surface area (Å²) < 4.78 is 5.00. The maximum atomic E-state index is 12.8. The Bertz CT molecular complexity index is 980. The number of hydrogen-bond donors (Lipinski definition) is 0. The molecule has 1 amide bonds. The van der Waals surface area contributed by atoms with Crippen molar-refractivity contribution in [3.8, 4) is 0 Å². The molecule has 0 aliphatic carbocycles. The van der Waals surface area contributed by atoms with Gasteiger partial charge in [-0.05, 0) is 73.6 Å². The van der Waals surface area contributed by atoms with Crippen LogP contribution in [0.5, 0.6) is 0 Å². The minimum atomic E-state index is -0.359. The number of carbonyl (C=O) groups excluding carboxylic acids is 2. The third-order valence-corrected chi connectivity index (χ3v) is 5.52. The van der Waals surface area contributed by atoms with Crippen LogP contribution in [0.2, 0.25) is 0 Å². The maximum absolute atomic E-state index is 12.8. The molecule has 6 nitrogen and oxygen atoms in total. The molecule has 7 heteroatoms. The van der Waals surface area contributed by atoms with Gasteiger partial charge < -0.3 is 9.64 Å². The van der Waals surface area contributed by atoms with Crippen molar-refractivity contribution in [2.24, 2.45) is 4.99 Å². The number of ether oxygens (including phenoxy) is 1. The first-order chi connectivity index (χ1) is 14.4. The molecular weight excluding hydrogens is 398 g/mol. The van der Waals surface area contributed by atoms with Gasteiger partial charge in [-0.25, -0.2) is 9.79 Å². The summed E-state index contributed by atoms with van der Waals surface area (Å²) in [7, 11) is 3.98. The van der Waals surface area contributed by atoms with E-state index in [1.165, 1.54) is 11.8 Å². The molecule has 1 aliphatic rings. The summed E-state index contributed by atoms with van der Waals surface area (Å²) in [6.07, 6.45) is 1.89. The van der Waals surface area contributed by atoms with Crippen LogP contribution in [0.4, 0.5) is 11.4 Å². The average molecular weight is 424 g/mol. The highest BCUT2D eigenvalue weighted by Gasteiger charge is 2.32. The molecule has 0 radical (unpaired) electrons. The number of likely N-dealkylation sites (N-methyl/N-ethyl adjacent to an activating group) is 1. The topological polar surface area (TPSA) is 62.2 Å². The van der Waals surface area contributed by atoms with Crippen molar-refractivity contribution >= 4 is 46.3 Å². The van der Waals surface area contributed by atoms with E-state index in [0.717, 1.165) is 11.3 Å². The second kappa shape index (κ2) is 9.63. The zero-order chi connectivity index (χ0) is 21.7. The highest BCUT2D eigenvalue weighted by molar-refractivity contribution is 8.18. The van der Waals surface area contributed by atoms with Crippen molar-refractivity contribution in [3.05, 3.63) is 64.6 Å². The first-order valence-electron chi connectivity index (χ1n) is 9.77. The molecule has 1 heterocycles. The molecule has 2 aromatic carbocycles. The molecule has 0 spiro atoms. The lowest BCUT2D eigenvalue weighted by Crippen LogP contribution is -2.28. The van der Waals surface area contributed by atoms with Crippen LogP contribution < -0.4 is 4.90 Å². The van der Waals surface area contributed by atoms with Gasteiger partial charge >= 0.3 is 5.97 Å². The Hall–Kier alpha value is -3.06. The van der Waals surface area contributed by atoms with E-state index in [4.69, 9.17) is 4.74 Å². The normalized spacial score (nSPS) is 16.4. The minimum absolute atomic E-state index is 0.0546. The molecule has 1 fully saturated rings. The smallest absolute Gasteiger partial charge is 0.338 e. The average Bonchev–Trinajstić information content (AvgIpc) is 3.03. The molecule has 1 saturated heterocycles. The third kappa shape index (κ3) is 4.91. The Kier molecular flexibility index (Phi) is 6.95. The molecule has 1 aliphatic heterocycles. The Morgan fingerprint density at radius 1 is 1.10 bits per heavy atom. The van der Waals surface area contributed by atoms with Crippen molar-refractivity contribution in [1.82, 2.24) is 4.90 Å². The number of amidine groups is 1. The fraction of sp³-hybridized carbons (Fsp3) is 0.261. The van der Waals surface area contributed by atoms with Gasteiger partial charge in [0.1, 0.15) is 0 Å². The summed E-state index contributed by atoms with van der Waals surface area (Å²) in [5, 5.41) is 0.627. The Morgan fingerprint density at radius 2 is 1.77 bits per heavy atom. The number of benzene rings is 2. The van der Waals surface area contributed by atoms with E-state index in [1.54, 1.807) is 36.1 Å². The van der Waals surface area contributed by atoms with E-state index in [-0.39, 0.29) is 11.9 Å². The van der Waals surface area contributed by atoms with Crippen molar-refractivity contribution < 1.29 is 14.3 Å². The summed E-state index contributed by atoms with van der Waals surface area (Å²) in [6.45, 7) is 4.56. The molecular formula is C23H25N3O3S. The Morgan fingerprint density at radius 3 is 2.33 bits per heavy atom. The van der Waals surface area contributed by atoms with Crippen LogP contribution in [0.25, 0.3) is 6.08 Å². The molecule has 0 saturated carbocycles. The van der Waals surface area contributed by atoms with Crippen molar-refractivity contribution in [1.29, 1.82) is 0 Å². The highest BCUT2D eigenvalue weighted by Crippen LogP contribution is 2.34. The number of carbonyl (C=O) groups is 2. The zero-order valence-corrected chi connectivity index (χ0v) is 18.4. The Balaban J connectivity index is 1.82. The molecule has 0 bridgehead atoms. The van der Waals surface area contributed by atoms with Crippen LogP contribution in [0.3, 0.4) is 0 Å². The van der Waals surface area contributed by atoms with Crippen LogP contribution in [0, 0.1) is 0 Å². The van der Waals surface area contributed by atoms with Crippen LogP contribution in [-0.4, -0.2) is 49.2 Å². The molecule has 0 unspecified atom stereocenters. The molecule has 2 aromatic rings. The molecule has 156 valence electrons. The first kappa shape index (κ1) is 21.6. The number of thioether (sulfide) groups is 1. The summed E-state index contributed by atoms with van der Waals surface area (Å²) in [6, 6.07) is 14.9. The summed E-state index contributed by atoms with van der Waals surface area (Å²) in [5.41, 5.74) is 3.22. The van der Waals surface area contributed by atoms with E-state index in [2.05, 4.69) is 4.99 Å². The van der Waals surface area contributed by atoms with Crippen LogP contribution in [-0.2, 0) is 9.53 Å². The highest BCUT2D eigenvalue weighted by atomic mass is 32.2. The molecule has 0 atom stereocenters. The number of aliphatic imine (C=N–C) groups is 1. The largest absolute Gasteiger partial charge is 0.462 e. The zero-order valence-electron chi connectivity index (χ0n) is 17.6. The summed E-state index contributed by atoms with van der Waals surface area (Å²) >= 11 is 1.36. The van der Waals surface area contributed by atoms with E-state index in [9.17, 15) is 9.59 Å². The fourth-order valence-electron chi connectivity index (χ4n) is 2.89. The number of hydrogen-bond acceptors (Lipinski definition) is 6. The number of nitrogens with zero attached hydrogens (tertiary/aromatic N) is 3. The van der Waals surface area contributed by atoms with Crippen molar-refractivity contribution in [3.63, 3.8) is 0 Å². The van der Waals surface area contributed by atoms with Crippen LogP contribution in [0.15, 0.2) is 58.4 Å². The van der Waals surface area contributed by atoms with Gasteiger partial charge in [0.15, 0.2) is 5.17 Å². The Labute approximate surface area is 181 Å². The minimum Gasteiger partial charge on any atom is -0.462 e. The van der Waals surface area contributed by atoms with Crippen LogP contribution >= 0.6 is 11.8 Å². The summed E-state index contributed by atoms with van der Waals surface area (Å²) in [4.78, 5) is 33.6. The van der Waals surface area contributed by atoms with Gasteiger partial charge in [-0.15, -0.1) is 0 Å². The van der Waals surface area contributed by atoms with Gasteiger partial charge in [0, 0.05) is 26.3 Å². The number of amides is 1. The lowest BCUT2D eigenvalue weighted by atomic mass is 10.2. The maximum Gasteiger partial charge on any atom is 0.338 e. The molecule has 0 N–H and O–H groups in total. The molecule has 3 rings (SSSR count). The number of rotatable bonds is 6. The van der Waals surface area contributed by atoms with Gasteiger partial charge in [0.25, 0.3) is 5.91 Å². The van der Waals surface area contributed by atoms with E-state index in [1.807, 2.05) is 56.3 Å². The van der Waals surface area contributed by atoms with Crippen LogP contribution in [0.1, 0.15) is 29.8 Å². The van der Waals surface area contributed by atoms with Crippen molar-refractivity contribution in [2.45, 2.75) is 13.8 Å². The van der Waals surface area contributed by atoms with Gasteiger partial charge in [0.2, 0.25) is 0 Å². The quantitative estimate of drug-likeness (QED) is 0.504. The van der Waals surface area contributed by atoms with E-state index < -0.39 is 0 Å². The number of esters is 1. The van der Waals surface area contributed by atoms with Gasteiger partial charge in [-0.3, -0.25) is 9.69 Å². The first-order valence-corrected chi connectivity index (χ1v) is 10.6. The second-order valence-corrected chi connectivity index (χ2v) is 7.82. The number of anilines is 1. The van der Waals surface area contributed by atoms with Gasteiger partial charge in [-0.1, -0.05) is 12.1 Å². The molecule has 30 heavy (non-hydrogen) atoms. The van der Waals surface area contributed by atoms with Gasteiger partial charge in [-0.2, -0.15) is 0 Å². The van der Waals surface area contributed by atoms with E-state index >= 15 is 0 Å². The third-order valence-electron chi connectivity index (χ3n) is 4.51. The summed E-state index contributed by atoms with van der Waals surface area (Å²) in [5.74, 6) is -0.413. The lowest BCUT2D eigenvalue weighted by Gasteiger charge is -2.12. The predicted molar refractivity (Wildman–Crippen MR) is 123 cm³/mol. The lowest BCUT2D eigenvalue weighted by molar-refractivity contribution is -0.122.